The molecule has 0 saturated heterocycles. The molecule has 0 atom stereocenters. The summed E-state index contributed by atoms with van der Waals surface area (Å²) in [6.45, 7) is 1.94. The number of fused-ring (bicyclic) bond motifs is 1. The minimum atomic E-state index is -0.592. The van der Waals surface area contributed by atoms with Gasteiger partial charge in [-0.25, -0.2) is 4.79 Å². The summed E-state index contributed by atoms with van der Waals surface area (Å²) in [6, 6.07) is 7.58. The van der Waals surface area contributed by atoms with Gasteiger partial charge in [0, 0.05) is 26.6 Å². The van der Waals surface area contributed by atoms with Crippen LogP contribution in [0.25, 0.3) is 11.0 Å². The highest BCUT2D eigenvalue weighted by atomic mass is 16.3. The minimum absolute atomic E-state index is 0.0229. The van der Waals surface area contributed by atoms with E-state index in [2.05, 4.69) is 0 Å². The van der Waals surface area contributed by atoms with Gasteiger partial charge in [0.1, 0.15) is 16.8 Å². The summed E-state index contributed by atoms with van der Waals surface area (Å²) in [5, 5.41) is 10.9. The van der Waals surface area contributed by atoms with E-state index in [1.54, 1.807) is 0 Å². The van der Waals surface area contributed by atoms with E-state index in [-0.39, 0.29) is 40.4 Å². The molecule has 4 rings (SSSR count). The van der Waals surface area contributed by atoms with Gasteiger partial charge in [-0.15, -0.1) is 0 Å². The molecule has 27 heavy (non-hydrogen) atoms. The summed E-state index contributed by atoms with van der Waals surface area (Å²) in [5.74, 6) is -0.327. The van der Waals surface area contributed by atoms with Crippen LogP contribution in [0, 0.1) is 6.92 Å². The van der Waals surface area contributed by atoms with Crippen molar-refractivity contribution in [3.63, 3.8) is 0 Å². The summed E-state index contributed by atoms with van der Waals surface area (Å²) in [5.41, 5.74) is 0.851. The number of aryl methyl sites for hydroxylation is 2. The van der Waals surface area contributed by atoms with E-state index < -0.39 is 11.2 Å². The van der Waals surface area contributed by atoms with Gasteiger partial charge in [-0.3, -0.25) is 23.3 Å². The summed E-state index contributed by atoms with van der Waals surface area (Å²) >= 11 is 0. The van der Waals surface area contributed by atoms with E-state index in [4.69, 9.17) is 0 Å². The molecule has 0 radical (unpaired) electrons. The number of aromatic hydroxyl groups is 1. The third-order valence-electron chi connectivity index (χ3n) is 5.40. The highest BCUT2D eigenvalue weighted by molar-refractivity contribution is 5.83. The van der Waals surface area contributed by atoms with Crippen molar-refractivity contribution >= 4 is 11.0 Å². The van der Waals surface area contributed by atoms with Crippen molar-refractivity contribution in [3.05, 3.63) is 72.1 Å². The molecule has 3 aromatic rings. The van der Waals surface area contributed by atoms with Gasteiger partial charge in [0.25, 0.3) is 11.1 Å². The van der Waals surface area contributed by atoms with E-state index in [9.17, 15) is 19.5 Å². The predicted molar refractivity (Wildman–Crippen MR) is 103 cm³/mol. The number of rotatable bonds is 3. The SMILES string of the molecule is Cc1ccccc1Cc1c(O)c2c(=O)n(C)c(=O)n(C)c2n(C2CC2)c1=O. The summed E-state index contributed by atoms with van der Waals surface area (Å²) < 4.78 is 3.75. The molecular weight excluding hydrogens is 346 g/mol. The number of pyridine rings is 1. The Bertz CT molecular complexity index is 1260. The lowest BCUT2D eigenvalue weighted by Crippen LogP contribution is -2.40. The van der Waals surface area contributed by atoms with Crippen LogP contribution in [0.15, 0.2) is 38.6 Å². The Hall–Kier alpha value is -3.09. The lowest BCUT2D eigenvalue weighted by molar-refractivity contribution is 0.469. The first-order chi connectivity index (χ1) is 12.8. The fourth-order valence-corrected chi connectivity index (χ4v) is 3.65. The number of nitrogens with zero attached hydrogens (tertiary/aromatic N) is 3. The van der Waals surface area contributed by atoms with Crippen molar-refractivity contribution in [1.82, 2.24) is 13.7 Å². The van der Waals surface area contributed by atoms with Crippen LogP contribution in [-0.4, -0.2) is 18.8 Å². The first kappa shape index (κ1) is 17.3. The average molecular weight is 367 g/mol. The molecule has 0 unspecified atom stereocenters. The molecule has 1 fully saturated rings. The van der Waals surface area contributed by atoms with Gasteiger partial charge in [-0.05, 0) is 30.9 Å². The maximum Gasteiger partial charge on any atom is 0.332 e. The summed E-state index contributed by atoms with van der Waals surface area (Å²) in [6.07, 6.45) is 1.85. The highest BCUT2D eigenvalue weighted by Gasteiger charge is 2.31. The molecule has 1 aliphatic carbocycles. The topological polar surface area (TPSA) is 86.2 Å². The average Bonchev–Trinajstić information content (AvgIpc) is 3.47. The highest BCUT2D eigenvalue weighted by Crippen LogP contribution is 2.37. The third kappa shape index (κ3) is 2.53. The first-order valence-electron chi connectivity index (χ1n) is 8.93. The van der Waals surface area contributed by atoms with Gasteiger partial charge in [0.2, 0.25) is 0 Å². The number of hydrogen-bond donors (Lipinski definition) is 1. The van der Waals surface area contributed by atoms with Crippen LogP contribution >= 0.6 is 0 Å². The van der Waals surface area contributed by atoms with Crippen LogP contribution in [0.5, 0.6) is 5.75 Å². The maximum absolute atomic E-state index is 13.2. The zero-order chi connectivity index (χ0) is 19.5. The van der Waals surface area contributed by atoms with Crippen LogP contribution in [0.1, 0.15) is 35.6 Å². The summed E-state index contributed by atoms with van der Waals surface area (Å²) in [7, 11) is 2.89. The fraction of sp³-hybridized carbons (Fsp3) is 0.350. The lowest BCUT2D eigenvalue weighted by atomic mass is 10.00. The van der Waals surface area contributed by atoms with Crippen LogP contribution in [0.4, 0.5) is 0 Å². The van der Waals surface area contributed by atoms with Crippen molar-refractivity contribution in [2.45, 2.75) is 32.2 Å². The predicted octanol–water partition coefficient (Wildman–Crippen LogP) is 1.34. The second-order valence-electron chi connectivity index (χ2n) is 7.24. The zero-order valence-electron chi connectivity index (χ0n) is 15.5. The minimum Gasteiger partial charge on any atom is -0.506 e. The van der Waals surface area contributed by atoms with Gasteiger partial charge in [0.15, 0.2) is 0 Å². The smallest absolute Gasteiger partial charge is 0.332 e. The van der Waals surface area contributed by atoms with Gasteiger partial charge in [-0.1, -0.05) is 24.3 Å². The molecule has 140 valence electrons. The molecule has 1 N–H and O–H groups in total. The monoisotopic (exact) mass is 367 g/mol. The summed E-state index contributed by atoms with van der Waals surface area (Å²) in [4.78, 5) is 38.4. The van der Waals surface area contributed by atoms with Crippen LogP contribution in [0.3, 0.4) is 0 Å². The standard InChI is InChI=1S/C20H21N3O4/c1-11-6-4-5-7-12(11)10-14-16(24)15-17(23(18(14)25)13-8-9-13)21(2)20(27)22(3)19(15)26/h4-7,13,24H,8-10H2,1-3H3. The quantitative estimate of drug-likeness (QED) is 0.757. The molecular formula is C20H21N3O4. The van der Waals surface area contributed by atoms with Crippen LogP contribution in [0.2, 0.25) is 0 Å². The molecule has 0 bridgehead atoms. The van der Waals surface area contributed by atoms with Gasteiger partial charge in [-0.2, -0.15) is 0 Å². The second-order valence-corrected chi connectivity index (χ2v) is 7.24. The van der Waals surface area contributed by atoms with E-state index in [0.29, 0.717) is 0 Å². The molecule has 1 saturated carbocycles. The van der Waals surface area contributed by atoms with E-state index in [0.717, 1.165) is 28.5 Å². The molecule has 0 aliphatic heterocycles. The second kappa shape index (κ2) is 5.97. The number of hydrogen-bond acceptors (Lipinski definition) is 4. The molecule has 1 aliphatic rings. The van der Waals surface area contributed by atoms with E-state index in [1.807, 2.05) is 31.2 Å². The molecule has 0 spiro atoms. The zero-order valence-corrected chi connectivity index (χ0v) is 15.5. The van der Waals surface area contributed by atoms with Gasteiger partial charge >= 0.3 is 5.69 Å². The van der Waals surface area contributed by atoms with E-state index >= 15 is 0 Å². The molecule has 7 nitrogen and oxygen atoms in total. The van der Waals surface area contributed by atoms with Crippen molar-refractivity contribution in [2.24, 2.45) is 14.1 Å². The molecule has 7 heteroatoms. The lowest BCUT2D eigenvalue weighted by Gasteiger charge is -2.17. The molecule has 0 amide bonds. The van der Waals surface area contributed by atoms with Gasteiger partial charge in [0.05, 0.1) is 5.56 Å². The van der Waals surface area contributed by atoms with Crippen LogP contribution in [-0.2, 0) is 20.5 Å². The Kier molecular flexibility index (Phi) is 3.83. The normalized spacial score (nSPS) is 14.0. The molecule has 2 aromatic heterocycles. The maximum atomic E-state index is 13.2. The van der Waals surface area contributed by atoms with Crippen LogP contribution < -0.4 is 16.8 Å². The third-order valence-corrected chi connectivity index (χ3v) is 5.40. The fourth-order valence-electron chi connectivity index (χ4n) is 3.65. The Morgan fingerprint density at radius 1 is 1.04 bits per heavy atom. The van der Waals surface area contributed by atoms with Gasteiger partial charge < -0.3 is 5.11 Å². The van der Waals surface area contributed by atoms with E-state index in [1.165, 1.54) is 23.2 Å². The van der Waals surface area contributed by atoms with Crippen molar-refractivity contribution in [1.29, 1.82) is 0 Å². The van der Waals surface area contributed by atoms with Crippen molar-refractivity contribution in [2.75, 3.05) is 0 Å². The Labute approximate surface area is 154 Å². The first-order valence-corrected chi connectivity index (χ1v) is 8.93. The number of aromatic nitrogens is 3. The van der Waals surface area contributed by atoms with Crippen molar-refractivity contribution < 1.29 is 5.11 Å². The largest absolute Gasteiger partial charge is 0.506 e. The Morgan fingerprint density at radius 3 is 2.33 bits per heavy atom. The Balaban J connectivity index is 2.13. The Morgan fingerprint density at radius 2 is 1.70 bits per heavy atom. The van der Waals surface area contributed by atoms with Crippen molar-refractivity contribution in [3.8, 4) is 5.75 Å². The molecule has 2 heterocycles. The molecule has 1 aromatic carbocycles. The number of benzene rings is 1.